The van der Waals surface area contributed by atoms with E-state index in [-0.39, 0.29) is 12.5 Å². The van der Waals surface area contributed by atoms with Crippen LogP contribution in [0.2, 0.25) is 0 Å². The number of para-hydroxylation sites is 1. The number of rotatable bonds is 5. The quantitative estimate of drug-likeness (QED) is 0.852. The number of carbonyl (C=O) groups is 2. The topological polar surface area (TPSA) is 55.4 Å². The van der Waals surface area contributed by atoms with E-state index in [1.807, 2.05) is 43.3 Å². The Balaban J connectivity index is 1.96. The van der Waals surface area contributed by atoms with E-state index >= 15 is 0 Å². The minimum atomic E-state index is -0.490. The number of ether oxygens (including phenoxy) is 1. The molecule has 0 heterocycles. The van der Waals surface area contributed by atoms with E-state index in [2.05, 4.69) is 19.2 Å². The molecule has 0 saturated heterocycles. The number of hydrogen-bond donors (Lipinski definition) is 1. The molecule has 2 rings (SSSR count). The molecule has 23 heavy (non-hydrogen) atoms. The Hall–Kier alpha value is -2.62. The first-order valence-electron chi connectivity index (χ1n) is 7.60. The van der Waals surface area contributed by atoms with Crippen LogP contribution in [0, 0.1) is 6.92 Å². The number of carbonyl (C=O) groups excluding carboxylic acids is 2. The Morgan fingerprint density at radius 3 is 2.39 bits per heavy atom. The van der Waals surface area contributed by atoms with Gasteiger partial charge in [-0.2, -0.15) is 0 Å². The van der Waals surface area contributed by atoms with Crippen LogP contribution < -0.4 is 5.32 Å². The van der Waals surface area contributed by atoms with Gasteiger partial charge in [-0.1, -0.05) is 50.2 Å². The van der Waals surface area contributed by atoms with Gasteiger partial charge in [0.2, 0.25) is 0 Å². The summed E-state index contributed by atoms with van der Waals surface area (Å²) in [6.45, 7) is 5.64. The normalized spacial score (nSPS) is 10.4. The van der Waals surface area contributed by atoms with Crippen LogP contribution in [0.1, 0.15) is 41.3 Å². The van der Waals surface area contributed by atoms with Crippen molar-refractivity contribution in [1.29, 1.82) is 0 Å². The summed E-state index contributed by atoms with van der Waals surface area (Å²) in [7, 11) is 0. The Kier molecular flexibility index (Phi) is 5.52. The number of amides is 1. The second kappa shape index (κ2) is 7.58. The summed E-state index contributed by atoms with van der Waals surface area (Å²) in [6.07, 6.45) is 0. The molecule has 0 aliphatic carbocycles. The maximum absolute atomic E-state index is 12.0. The Morgan fingerprint density at radius 1 is 1.04 bits per heavy atom. The lowest BCUT2D eigenvalue weighted by Crippen LogP contribution is -2.22. The molecule has 2 aromatic rings. The summed E-state index contributed by atoms with van der Waals surface area (Å²) in [5, 5.41) is 2.80. The molecule has 0 aromatic heterocycles. The highest BCUT2D eigenvalue weighted by Gasteiger charge is 2.13. The van der Waals surface area contributed by atoms with Gasteiger partial charge >= 0.3 is 5.97 Å². The van der Waals surface area contributed by atoms with Gasteiger partial charge in [0.05, 0.1) is 5.56 Å². The van der Waals surface area contributed by atoms with E-state index in [0.29, 0.717) is 11.5 Å². The Bertz CT molecular complexity index is 707. The fraction of sp³-hybridized carbons (Fsp3) is 0.263. The Morgan fingerprint density at radius 2 is 1.70 bits per heavy atom. The van der Waals surface area contributed by atoms with Crippen LogP contribution in [-0.4, -0.2) is 18.5 Å². The number of hydrogen-bond acceptors (Lipinski definition) is 3. The molecule has 0 spiro atoms. The maximum atomic E-state index is 12.0. The molecule has 4 nitrogen and oxygen atoms in total. The Labute approximate surface area is 136 Å². The molecule has 0 fully saturated rings. The van der Waals surface area contributed by atoms with Gasteiger partial charge in [0.15, 0.2) is 6.61 Å². The van der Waals surface area contributed by atoms with Crippen molar-refractivity contribution in [3.8, 4) is 0 Å². The van der Waals surface area contributed by atoms with Gasteiger partial charge in [0.25, 0.3) is 5.91 Å². The van der Waals surface area contributed by atoms with Crippen molar-refractivity contribution in [1.82, 2.24) is 0 Å². The fourth-order valence-corrected chi connectivity index (χ4v) is 2.31. The van der Waals surface area contributed by atoms with Crippen LogP contribution in [0.3, 0.4) is 0 Å². The van der Waals surface area contributed by atoms with Gasteiger partial charge in [-0.15, -0.1) is 0 Å². The van der Waals surface area contributed by atoms with Crippen LogP contribution in [0.5, 0.6) is 0 Å². The minimum absolute atomic E-state index is 0.293. The first-order chi connectivity index (χ1) is 11.0. The number of nitrogens with one attached hydrogen (secondary N) is 1. The predicted molar refractivity (Wildman–Crippen MR) is 90.6 cm³/mol. The van der Waals surface area contributed by atoms with Gasteiger partial charge in [0.1, 0.15) is 0 Å². The molecular formula is C19H21NO3. The third-order valence-corrected chi connectivity index (χ3v) is 3.56. The van der Waals surface area contributed by atoms with Crippen molar-refractivity contribution in [3.05, 3.63) is 65.2 Å². The van der Waals surface area contributed by atoms with Gasteiger partial charge in [-0.05, 0) is 36.1 Å². The third-order valence-electron chi connectivity index (χ3n) is 3.56. The van der Waals surface area contributed by atoms with E-state index < -0.39 is 5.97 Å². The number of aryl methyl sites for hydroxylation is 1. The van der Waals surface area contributed by atoms with Crippen LogP contribution in [-0.2, 0) is 9.53 Å². The number of anilines is 1. The van der Waals surface area contributed by atoms with Crippen LogP contribution >= 0.6 is 0 Å². The lowest BCUT2D eigenvalue weighted by atomic mass is 10.0. The van der Waals surface area contributed by atoms with Crippen molar-refractivity contribution in [2.45, 2.75) is 26.7 Å². The van der Waals surface area contributed by atoms with Crippen LogP contribution in [0.4, 0.5) is 5.69 Å². The molecule has 4 heteroatoms. The molecule has 1 amide bonds. The van der Waals surface area contributed by atoms with Crippen molar-refractivity contribution < 1.29 is 14.3 Å². The second-order valence-corrected chi connectivity index (χ2v) is 5.68. The smallest absolute Gasteiger partial charge is 0.338 e. The first kappa shape index (κ1) is 16.7. The summed E-state index contributed by atoms with van der Waals surface area (Å²) < 4.78 is 5.09. The lowest BCUT2D eigenvalue weighted by molar-refractivity contribution is -0.119. The van der Waals surface area contributed by atoms with Crippen molar-refractivity contribution in [2.24, 2.45) is 0 Å². The number of benzene rings is 2. The highest BCUT2D eigenvalue weighted by atomic mass is 16.5. The van der Waals surface area contributed by atoms with Crippen LogP contribution in [0.15, 0.2) is 48.5 Å². The number of esters is 1. The van der Waals surface area contributed by atoms with Gasteiger partial charge < -0.3 is 10.1 Å². The monoisotopic (exact) mass is 311 g/mol. The molecule has 0 radical (unpaired) electrons. The van der Waals surface area contributed by atoms with Crippen LogP contribution in [0.25, 0.3) is 0 Å². The zero-order valence-electron chi connectivity index (χ0n) is 13.6. The first-order valence-corrected chi connectivity index (χ1v) is 7.60. The molecule has 120 valence electrons. The van der Waals surface area contributed by atoms with Crippen molar-refractivity contribution in [3.63, 3.8) is 0 Å². The molecule has 1 N–H and O–H groups in total. The van der Waals surface area contributed by atoms with Crippen molar-refractivity contribution >= 4 is 17.6 Å². The van der Waals surface area contributed by atoms with Gasteiger partial charge in [0, 0.05) is 5.69 Å². The van der Waals surface area contributed by atoms with E-state index in [0.717, 1.165) is 16.8 Å². The summed E-state index contributed by atoms with van der Waals surface area (Å²) in [6, 6.07) is 14.7. The standard InChI is InChI=1S/C19H21NO3/c1-13(2)15-9-6-7-11-17(15)20-18(21)12-23-19(22)16-10-5-4-8-14(16)3/h4-11,13H,12H2,1-3H3,(H,20,21). The summed E-state index contributed by atoms with van der Waals surface area (Å²) in [4.78, 5) is 24.0. The predicted octanol–water partition coefficient (Wildman–Crippen LogP) is 3.91. The van der Waals surface area contributed by atoms with E-state index in [9.17, 15) is 9.59 Å². The van der Waals surface area contributed by atoms with E-state index in [4.69, 9.17) is 4.74 Å². The molecule has 0 saturated carbocycles. The molecule has 0 atom stereocenters. The summed E-state index contributed by atoms with van der Waals surface area (Å²) in [5.41, 5.74) is 3.09. The summed E-state index contributed by atoms with van der Waals surface area (Å²) in [5.74, 6) is -0.545. The zero-order valence-corrected chi connectivity index (χ0v) is 13.6. The highest BCUT2D eigenvalue weighted by molar-refractivity contribution is 5.96. The minimum Gasteiger partial charge on any atom is -0.452 e. The highest BCUT2D eigenvalue weighted by Crippen LogP contribution is 2.23. The van der Waals surface area contributed by atoms with Crippen molar-refractivity contribution in [2.75, 3.05) is 11.9 Å². The molecular weight excluding hydrogens is 290 g/mol. The van der Waals surface area contributed by atoms with Gasteiger partial charge in [-0.3, -0.25) is 4.79 Å². The summed E-state index contributed by atoms with van der Waals surface area (Å²) >= 11 is 0. The molecule has 0 aliphatic rings. The molecule has 2 aromatic carbocycles. The fourth-order valence-electron chi connectivity index (χ4n) is 2.31. The third kappa shape index (κ3) is 4.42. The van der Waals surface area contributed by atoms with E-state index in [1.165, 1.54) is 0 Å². The molecule has 0 aliphatic heterocycles. The average molecular weight is 311 g/mol. The molecule has 0 bridgehead atoms. The van der Waals surface area contributed by atoms with Gasteiger partial charge in [-0.25, -0.2) is 4.79 Å². The zero-order chi connectivity index (χ0) is 16.8. The average Bonchev–Trinajstić information content (AvgIpc) is 2.53. The lowest BCUT2D eigenvalue weighted by Gasteiger charge is -2.13. The SMILES string of the molecule is Cc1ccccc1C(=O)OCC(=O)Nc1ccccc1C(C)C. The van der Waals surface area contributed by atoms with E-state index in [1.54, 1.807) is 12.1 Å². The maximum Gasteiger partial charge on any atom is 0.338 e. The molecule has 0 unspecified atom stereocenters. The largest absolute Gasteiger partial charge is 0.452 e. The second-order valence-electron chi connectivity index (χ2n) is 5.68.